The standard InChI is InChI=1S/C15H24O2/c1-13(2)5-10-4-11(7-16)15(9-17)8-14(15,3)12(10)6-13/h4,10,12,16-17H,5-9H2,1-3H3/t10-,12+,14-,15-/m0/s1. The lowest BCUT2D eigenvalue weighted by Crippen LogP contribution is -2.32. The first-order valence-corrected chi connectivity index (χ1v) is 6.81. The molecule has 0 heterocycles. The number of hydrogen-bond acceptors (Lipinski definition) is 2. The Morgan fingerprint density at radius 1 is 1.24 bits per heavy atom. The zero-order valence-corrected chi connectivity index (χ0v) is 11.2. The van der Waals surface area contributed by atoms with Crippen LogP contribution in [-0.4, -0.2) is 23.4 Å². The van der Waals surface area contributed by atoms with E-state index in [0.29, 0.717) is 17.3 Å². The van der Waals surface area contributed by atoms with Crippen LogP contribution in [-0.2, 0) is 0 Å². The molecular formula is C15H24O2. The van der Waals surface area contributed by atoms with Crippen molar-refractivity contribution >= 4 is 0 Å². The van der Waals surface area contributed by atoms with Crippen LogP contribution in [0, 0.1) is 28.1 Å². The molecule has 2 fully saturated rings. The third kappa shape index (κ3) is 1.29. The number of fused-ring (bicyclic) bond motifs is 3. The SMILES string of the molecule is CC1(C)C[C@@H]2[C@@H](C=C(CO)[C@@]3(CO)C[C@@]23C)C1. The van der Waals surface area contributed by atoms with Crippen LogP contribution in [0.25, 0.3) is 0 Å². The van der Waals surface area contributed by atoms with E-state index >= 15 is 0 Å². The maximum atomic E-state index is 9.76. The minimum atomic E-state index is -0.0800. The quantitative estimate of drug-likeness (QED) is 0.723. The van der Waals surface area contributed by atoms with Gasteiger partial charge in [0, 0.05) is 5.41 Å². The van der Waals surface area contributed by atoms with Crippen molar-refractivity contribution < 1.29 is 10.2 Å². The third-order valence-electron chi connectivity index (χ3n) is 6.00. The zero-order valence-electron chi connectivity index (χ0n) is 11.2. The Morgan fingerprint density at radius 3 is 2.53 bits per heavy atom. The molecule has 0 spiro atoms. The topological polar surface area (TPSA) is 40.5 Å². The highest BCUT2D eigenvalue weighted by atomic mass is 16.3. The van der Waals surface area contributed by atoms with Gasteiger partial charge in [0.05, 0.1) is 13.2 Å². The van der Waals surface area contributed by atoms with E-state index in [9.17, 15) is 10.2 Å². The van der Waals surface area contributed by atoms with E-state index in [1.807, 2.05) is 0 Å². The minimum Gasteiger partial charge on any atom is -0.395 e. The Balaban J connectivity index is 2.01. The summed E-state index contributed by atoms with van der Waals surface area (Å²) in [4.78, 5) is 0. The molecule has 0 saturated heterocycles. The predicted molar refractivity (Wildman–Crippen MR) is 67.4 cm³/mol. The van der Waals surface area contributed by atoms with Crippen LogP contribution in [0.4, 0.5) is 0 Å². The van der Waals surface area contributed by atoms with Gasteiger partial charge in [-0.3, -0.25) is 0 Å². The molecule has 2 nitrogen and oxygen atoms in total. The maximum Gasteiger partial charge on any atom is 0.0648 e. The highest BCUT2D eigenvalue weighted by Gasteiger charge is 2.72. The van der Waals surface area contributed by atoms with Gasteiger partial charge in [0.1, 0.15) is 0 Å². The second-order valence-corrected chi connectivity index (χ2v) is 7.53. The van der Waals surface area contributed by atoms with Crippen molar-refractivity contribution in [1.82, 2.24) is 0 Å². The molecule has 0 aliphatic heterocycles. The fourth-order valence-electron chi connectivity index (χ4n) is 4.99. The van der Waals surface area contributed by atoms with Crippen LogP contribution in [0.2, 0.25) is 0 Å². The Hall–Kier alpha value is -0.340. The summed E-state index contributed by atoms with van der Waals surface area (Å²) in [5.74, 6) is 1.33. The number of allylic oxidation sites excluding steroid dienone is 1. The van der Waals surface area contributed by atoms with Crippen molar-refractivity contribution in [1.29, 1.82) is 0 Å². The molecule has 3 rings (SSSR count). The molecule has 0 aromatic rings. The van der Waals surface area contributed by atoms with Crippen LogP contribution in [0.15, 0.2) is 11.6 Å². The van der Waals surface area contributed by atoms with Gasteiger partial charge >= 0.3 is 0 Å². The molecule has 96 valence electrons. The van der Waals surface area contributed by atoms with Crippen molar-refractivity contribution in [3.8, 4) is 0 Å². The summed E-state index contributed by atoms with van der Waals surface area (Å²) in [5, 5.41) is 19.3. The fourth-order valence-corrected chi connectivity index (χ4v) is 4.99. The summed E-state index contributed by atoms with van der Waals surface area (Å²) in [5.41, 5.74) is 1.70. The van der Waals surface area contributed by atoms with E-state index in [4.69, 9.17) is 0 Å². The average Bonchev–Trinajstić information content (AvgIpc) is 2.77. The highest BCUT2D eigenvalue weighted by Crippen LogP contribution is 2.77. The average molecular weight is 236 g/mol. The van der Waals surface area contributed by atoms with Crippen molar-refractivity contribution in [3.63, 3.8) is 0 Å². The molecule has 2 heteroatoms. The van der Waals surface area contributed by atoms with E-state index < -0.39 is 0 Å². The molecular weight excluding hydrogens is 212 g/mol. The highest BCUT2D eigenvalue weighted by molar-refractivity contribution is 5.38. The van der Waals surface area contributed by atoms with Crippen molar-refractivity contribution in [2.24, 2.45) is 28.1 Å². The van der Waals surface area contributed by atoms with Crippen LogP contribution >= 0.6 is 0 Å². The monoisotopic (exact) mass is 236 g/mol. The molecule has 3 aliphatic carbocycles. The number of hydrogen-bond donors (Lipinski definition) is 2. The number of rotatable bonds is 2. The maximum absolute atomic E-state index is 9.76. The lowest BCUT2D eigenvalue weighted by Gasteiger charge is -2.36. The minimum absolute atomic E-state index is 0.0800. The van der Waals surface area contributed by atoms with Crippen LogP contribution in [0.5, 0.6) is 0 Å². The Kier molecular flexibility index (Phi) is 2.18. The zero-order chi connectivity index (χ0) is 12.5. The summed E-state index contributed by atoms with van der Waals surface area (Å²) in [6.07, 6.45) is 5.87. The summed E-state index contributed by atoms with van der Waals surface area (Å²) in [7, 11) is 0. The third-order valence-corrected chi connectivity index (χ3v) is 6.00. The lowest BCUT2D eigenvalue weighted by atomic mass is 9.69. The van der Waals surface area contributed by atoms with Crippen molar-refractivity contribution in [2.45, 2.75) is 40.0 Å². The first kappa shape index (κ1) is 11.7. The molecule has 17 heavy (non-hydrogen) atoms. The summed E-state index contributed by atoms with van der Waals surface area (Å²) < 4.78 is 0. The van der Waals surface area contributed by atoms with E-state index in [2.05, 4.69) is 26.8 Å². The Labute approximate surface area is 104 Å². The molecule has 0 aromatic carbocycles. The molecule has 0 amide bonds. The van der Waals surface area contributed by atoms with E-state index in [1.54, 1.807) is 0 Å². The molecule has 0 unspecified atom stereocenters. The van der Waals surface area contributed by atoms with Gasteiger partial charge in [-0.1, -0.05) is 26.8 Å². The largest absolute Gasteiger partial charge is 0.395 e. The van der Waals surface area contributed by atoms with Gasteiger partial charge in [-0.15, -0.1) is 0 Å². The fraction of sp³-hybridized carbons (Fsp3) is 0.867. The van der Waals surface area contributed by atoms with Crippen LogP contribution in [0.1, 0.15) is 40.0 Å². The van der Waals surface area contributed by atoms with Gasteiger partial charge in [-0.2, -0.15) is 0 Å². The first-order valence-electron chi connectivity index (χ1n) is 6.81. The van der Waals surface area contributed by atoms with Gasteiger partial charge < -0.3 is 10.2 Å². The van der Waals surface area contributed by atoms with E-state index in [1.165, 1.54) is 12.8 Å². The van der Waals surface area contributed by atoms with Crippen molar-refractivity contribution in [2.75, 3.05) is 13.2 Å². The van der Waals surface area contributed by atoms with Gasteiger partial charge in [0.25, 0.3) is 0 Å². The molecule has 4 atom stereocenters. The Morgan fingerprint density at radius 2 is 1.94 bits per heavy atom. The smallest absolute Gasteiger partial charge is 0.0648 e. The summed E-state index contributed by atoms with van der Waals surface area (Å²) in [6, 6.07) is 0. The van der Waals surface area contributed by atoms with Gasteiger partial charge in [0.15, 0.2) is 0 Å². The molecule has 0 aromatic heterocycles. The lowest BCUT2D eigenvalue weighted by molar-refractivity contribution is 0.130. The van der Waals surface area contributed by atoms with Gasteiger partial charge in [0.2, 0.25) is 0 Å². The Bertz CT molecular complexity index is 384. The molecule has 0 bridgehead atoms. The van der Waals surface area contributed by atoms with Gasteiger partial charge in [-0.25, -0.2) is 0 Å². The molecule has 2 N–H and O–H groups in total. The molecule has 0 radical (unpaired) electrons. The second kappa shape index (κ2) is 3.16. The number of aliphatic hydroxyl groups excluding tert-OH is 2. The van der Waals surface area contributed by atoms with E-state index in [0.717, 1.165) is 12.0 Å². The van der Waals surface area contributed by atoms with Crippen molar-refractivity contribution in [3.05, 3.63) is 11.6 Å². The summed E-state index contributed by atoms with van der Waals surface area (Å²) in [6.45, 7) is 7.36. The van der Waals surface area contributed by atoms with E-state index in [-0.39, 0.29) is 24.0 Å². The summed E-state index contributed by atoms with van der Waals surface area (Å²) >= 11 is 0. The van der Waals surface area contributed by atoms with Crippen LogP contribution < -0.4 is 0 Å². The molecule has 2 saturated carbocycles. The predicted octanol–water partition coefficient (Wildman–Crippen LogP) is 2.36. The van der Waals surface area contributed by atoms with Crippen LogP contribution in [0.3, 0.4) is 0 Å². The first-order chi connectivity index (χ1) is 7.88. The van der Waals surface area contributed by atoms with Gasteiger partial charge in [-0.05, 0) is 47.5 Å². The second-order valence-electron chi connectivity index (χ2n) is 7.53. The molecule has 3 aliphatic rings. The normalized spacial score (nSPS) is 50.5. The number of aliphatic hydroxyl groups is 2.